The number of amides is 1. The van der Waals surface area contributed by atoms with Gasteiger partial charge in [-0.05, 0) is 24.4 Å². The van der Waals surface area contributed by atoms with E-state index in [0.29, 0.717) is 35.8 Å². The van der Waals surface area contributed by atoms with E-state index in [2.05, 4.69) is 10.3 Å². The quantitative estimate of drug-likeness (QED) is 0.623. The molecule has 2 aromatic rings. The Bertz CT molecular complexity index is 844. The highest BCUT2D eigenvalue weighted by Crippen LogP contribution is 2.31. The standard InChI is InChI=1S/C16H20N4O4S/c1-23-10-3-4-11(13(7-10)24-2)12-8-15(22)20(16(25)19-12)9-14(21)18-6-5-17/h3-4,7-8H,5-6,9,17H2,1-2H3,(H,18,21)(H,19,25). The van der Waals surface area contributed by atoms with Gasteiger partial charge in [0.05, 0.1) is 19.9 Å². The van der Waals surface area contributed by atoms with Crippen LogP contribution in [0.4, 0.5) is 0 Å². The topological polar surface area (TPSA) is 111 Å². The Kier molecular flexibility index (Phi) is 6.31. The minimum Gasteiger partial charge on any atom is -0.497 e. The van der Waals surface area contributed by atoms with E-state index in [0.717, 1.165) is 0 Å². The maximum absolute atomic E-state index is 12.4. The van der Waals surface area contributed by atoms with Crippen LogP contribution in [-0.2, 0) is 11.3 Å². The van der Waals surface area contributed by atoms with Crippen molar-refractivity contribution in [2.24, 2.45) is 5.73 Å². The molecule has 0 fully saturated rings. The van der Waals surface area contributed by atoms with Crippen molar-refractivity contribution >= 4 is 18.1 Å². The van der Waals surface area contributed by atoms with Gasteiger partial charge in [0.25, 0.3) is 5.56 Å². The first kappa shape index (κ1) is 18.7. The summed E-state index contributed by atoms with van der Waals surface area (Å²) in [4.78, 5) is 27.1. The van der Waals surface area contributed by atoms with Crippen molar-refractivity contribution in [3.05, 3.63) is 39.4 Å². The normalized spacial score (nSPS) is 10.4. The van der Waals surface area contributed by atoms with Crippen LogP contribution in [0.3, 0.4) is 0 Å². The number of aromatic amines is 1. The molecule has 0 bridgehead atoms. The molecule has 134 valence electrons. The molecule has 1 amide bonds. The second kappa shape index (κ2) is 8.45. The van der Waals surface area contributed by atoms with Gasteiger partial charge in [0.1, 0.15) is 18.0 Å². The average molecular weight is 364 g/mol. The number of H-pyrrole nitrogens is 1. The zero-order chi connectivity index (χ0) is 18.4. The van der Waals surface area contributed by atoms with Gasteiger partial charge in [-0.2, -0.15) is 0 Å². The zero-order valence-electron chi connectivity index (χ0n) is 14.0. The van der Waals surface area contributed by atoms with Gasteiger partial charge in [0.2, 0.25) is 5.91 Å². The lowest BCUT2D eigenvalue weighted by atomic mass is 10.1. The molecule has 0 saturated heterocycles. The lowest BCUT2D eigenvalue weighted by Crippen LogP contribution is -2.35. The number of ether oxygens (including phenoxy) is 2. The van der Waals surface area contributed by atoms with E-state index in [1.807, 2.05) is 0 Å². The van der Waals surface area contributed by atoms with Gasteiger partial charge >= 0.3 is 0 Å². The molecule has 8 nitrogen and oxygen atoms in total. The second-order valence-corrected chi connectivity index (χ2v) is 5.50. The Morgan fingerprint density at radius 3 is 2.68 bits per heavy atom. The predicted molar refractivity (Wildman–Crippen MR) is 96.5 cm³/mol. The van der Waals surface area contributed by atoms with E-state index in [1.54, 1.807) is 25.3 Å². The Morgan fingerprint density at radius 1 is 1.32 bits per heavy atom. The number of carbonyl (C=O) groups is 1. The average Bonchev–Trinajstić information content (AvgIpc) is 2.62. The fraction of sp³-hybridized carbons (Fsp3) is 0.312. The number of nitrogens with zero attached hydrogens (tertiary/aromatic N) is 1. The summed E-state index contributed by atoms with van der Waals surface area (Å²) in [5.74, 6) is 0.828. The molecule has 25 heavy (non-hydrogen) atoms. The number of hydrogen-bond acceptors (Lipinski definition) is 6. The van der Waals surface area contributed by atoms with Crippen molar-refractivity contribution < 1.29 is 14.3 Å². The molecule has 1 heterocycles. The van der Waals surface area contributed by atoms with E-state index in [4.69, 9.17) is 27.4 Å². The molecule has 0 spiro atoms. The number of nitrogens with one attached hydrogen (secondary N) is 2. The SMILES string of the molecule is COc1ccc(-c2cc(=O)n(CC(=O)NCCN)c(=S)[nH]2)c(OC)c1. The number of carbonyl (C=O) groups excluding carboxylic acids is 1. The smallest absolute Gasteiger partial charge is 0.255 e. The van der Waals surface area contributed by atoms with Crippen molar-refractivity contribution in [2.45, 2.75) is 6.54 Å². The molecule has 0 aliphatic heterocycles. The minimum atomic E-state index is -0.389. The van der Waals surface area contributed by atoms with Crippen molar-refractivity contribution in [2.75, 3.05) is 27.3 Å². The largest absolute Gasteiger partial charge is 0.497 e. The fourth-order valence-corrected chi connectivity index (χ4v) is 2.51. The van der Waals surface area contributed by atoms with E-state index >= 15 is 0 Å². The molecule has 2 rings (SSSR count). The molecule has 0 unspecified atom stereocenters. The maximum Gasteiger partial charge on any atom is 0.255 e. The third-order valence-electron chi connectivity index (χ3n) is 3.49. The molecule has 4 N–H and O–H groups in total. The Hall–Kier alpha value is -2.65. The van der Waals surface area contributed by atoms with Crippen LogP contribution in [0.2, 0.25) is 0 Å². The van der Waals surface area contributed by atoms with Crippen molar-refractivity contribution in [1.82, 2.24) is 14.9 Å². The minimum absolute atomic E-state index is 0.142. The van der Waals surface area contributed by atoms with Crippen LogP contribution < -0.4 is 26.1 Å². The van der Waals surface area contributed by atoms with Crippen molar-refractivity contribution in [3.63, 3.8) is 0 Å². The lowest BCUT2D eigenvalue weighted by molar-refractivity contribution is -0.121. The number of hydrogen-bond donors (Lipinski definition) is 3. The van der Waals surface area contributed by atoms with Gasteiger partial charge in [-0.3, -0.25) is 14.2 Å². The number of benzene rings is 1. The Labute approximate surface area is 149 Å². The molecule has 0 saturated carbocycles. The lowest BCUT2D eigenvalue weighted by Gasteiger charge is -2.12. The molecule has 1 aromatic carbocycles. The summed E-state index contributed by atoms with van der Waals surface area (Å²) >= 11 is 5.22. The molecule has 0 aliphatic carbocycles. The fourth-order valence-electron chi connectivity index (χ4n) is 2.25. The van der Waals surface area contributed by atoms with E-state index in [-0.39, 0.29) is 22.8 Å². The maximum atomic E-state index is 12.4. The summed E-state index contributed by atoms with van der Waals surface area (Å²) in [6, 6.07) is 6.59. The van der Waals surface area contributed by atoms with Crippen LogP contribution in [-0.4, -0.2) is 42.8 Å². The summed E-state index contributed by atoms with van der Waals surface area (Å²) in [6.07, 6.45) is 0. The van der Waals surface area contributed by atoms with Crippen LogP contribution in [0.1, 0.15) is 0 Å². The Balaban J connectivity index is 2.39. The molecule has 0 atom stereocenters. The predicted octanol–water partition coefficient (Wildman–Crippen LogP) is 0.665. The zero-order valence-corrected chi connectivity index (χ0v) is 14.8. The van der Waals surface area contributed by atoms with Crippen LogP contribution >= 0.6 is 12.2 Å². The highest BCUT2D eigenvalue weighted by atomic mass is 32.1. The highest BCUT2D eigenvalue weighted by molar-refractivity contribution is 7.71. The van der Waals surface area contributed by atoms with Gasteiger partial charge in [-0.1, -0.05) is 0 Å². The molecular formula is C16H20N4O4S. The van der Waals surface area contributed by atoms with Crippen LogP contribution in [0.15, 0.2) is 29.1 Å². The third-order valence-corrected chi connectivity index (χ3v) is 3.81. The number of methoxy groups -OCH3 is 2. The van der Waals surface area contributed by atoms with Crippen LogP contribution in [0.25, 0.3) is 11.3 Å². The molecule has 0 radical (unpaired) electrons. The monoisotopic (exact) mass is 364 g/mol. The molecular weight excluding hydrogens is 344 g/mol. The molecule has 1 aromatic heterocycles. The second-order valence-electron chi connectivity index (χ2n) is 5.12. The van der Waals surface area contributed by atoms with Crippen LogP contribution in [0, 0.1) is 4.77 Å². The van der Waals surface area contributed by atoms with E-state index in [9.17, 15) is 9.59 Å². The van der Waals surface area contributed by atoms with Gasteiger partial charge in [0, 0.05) is 30.8 Å². The first-order chi connectivity index (χ1) is 12.0. The third kappa shape index (κ3) is 4.46. The van der Waals surface area contributed by atoms with E-state index in [1.165, 1.54) is 17.7 Å². The first-order valence-corrected chi connectivity index (χ1v) is 7.94. The summed E-state index contributed by atoms with van der Waals surface area (Å²) in [7, 11) is 3.08. The summed E-state index contributed by atoms with van der Waals surface area (Å²) in [5, 5.41) is 2.59. The molecule has 0 aliphatic rings. The van der Waals surface area contributed by atoms with Gasteiger partial charge in [0.15, 0.2) is 4.77 Å². The van der Waals surface area contributed by atoms with E-state index < -0.39 is 0 Å². The van der Waals surface area contributed by atoms with Gasteiger partial charge < -0.3 is 25.5 Å². The van der Waals surface area contributed by atoms with Gasteiger partial charge in [-0.15, -0.1) is 0 Å². The number of rotatable bonds is 7. The van der Waals surface area contributed by atoms with Crippen molar-refractivity contribution in [1.29, 1.82) is 0 Å². The highest BCUT2D eigenvalue weighted by Gasteiger charge is 2.12. The summed E-state index contributed by atoms with van der Waals surface area (Å²) in [5.41, 5.74) is 6.09. The Morgan fingerprint density at radius 2 is 2.08 bits per heavy atom. The summed E-state index contributed by atoms with van der Waals surface area (Å²) in [6.45, 7) is 0.489. The summed E-state index contributed by atoms with van der Waals surface area (Å²) < 4.78 is 11.8. The van der Waals surface area contributed by atoms with Gasteiger partial charge in [-0.25, -0.2) is 0 Å². The first-order valence-electron chi connectivity index (χ1n) is 7.53. The molecule has 9 heteroatoms. The van der Waals surface area contributed by atoms with Crippen molar-refractivity contribution in [3.8, 4) is 22.8 Å². The van der Waals surface area contributed by atoms with Crippen LogP contribution in [0.5, 0.6) is 11.5 Å². The number of nitrogens with two attached hydrogens (primary N) is 1. The number of aromatic nitrogens is 2.